The van der Waals surface area contributed by atoms with Crippen LogP contribution < -0.4 is 16.4 Å². The summed E-state index contributed by atoms with van der Waals surface area (Å²) in [6, 6.07) is 10.3. The first kappa shape index (κ1) is 26.3. The van der Waals surface area contributed by atoms with Gasteiger partial charge in [0.2, 0.25) is 5.91 Å². The zero-order chi connectivity index (χ0) is 22.4. The second-order valence-electron chi connectivity index (χ2n) is 7.66. The quantitative estimate of drug-likeness (QED) is 0.368. The lowest BCUT2D eigenvalue weighted by atomic mass is 9.92. The number of halogens is 3. The molecule has 2 aromatic rings. The Labute approximate surface area is 204 Å². The van der Waals surface area contributed by atoms with E-state index in [0.717, 1.165) is 30.4 Å². The molecule has 0 saturated heterocycles. The molecule has 0 fully saturated rings. The molecule has 6 nitrogen and oxygen atoms in total. The minimum Gasteiger partial charge on any atom is -0.467 e. The van der Waals surface area contributed by atoms with Crippen LogP contribution in [0.2, 0.25) is 10.0 Å². The van der Waals surface area contributed by atoms with Crippen molar-refractivity contribution in [2.75, 3.05) is 19.0 Å². The number of benzene rings is 2. The highest BCUT2D eigenvalue weighted by atomic mass is 35.5. The van der Waals surface area contributed by atoms with Crippen molar-refractivity contribution in [1.82, 2.24) is 5.32 Å². The minimum absolute atomic E-state index is 0. The number of rotatable bonds is 8. The van der Waals surface area contributed by atoms with E-state index in [1.165, 1.54) is 12.7 Å². The normalized spacial score (nSPS) is 16.9. The molecule has 1 aliphatic rings. The molecule has 0 aromatic heterocycles. The summed E-state index contributed by atoms with van der Waals surface area (Å²) in [5.74, 6) is -0.561. The minimum atomic E-state index is -0.606. The fourth-order valence-electron chi connectivity index (χ4n) is 3.82. The van der Waals surface area contributed by atoms with Gasteiger partial charge in [0.25, 0.3) is 0 Å². The molecule has 32 heavy (non-hydrogen) atoms. The zero-order valence-electron chi connectivity index (χ0n) is 17.8. The number of fused-ring (bicyclic) bond motifs is 1. The number of hydrogen-bond acceptors (Lipinski definition) is 5. The van der Waals surface area contributed by atoms with Gasteiger partial charge in [0.05, 0.1) is 19.6 Å². The molecule has 0 bridgehead atoms. The molecule has 2 atom stereocenters. The van der Waals surface area contributed by atoms with Crippen LogP contribution in [0.4, 0.5) is 5.69 Å². The van der Waals surface area contributed by atoms with Crippen LogP contribution >= 0.6 is 35.6 Å². The lowest BCUT2D eigenvalue weighted by Crippen LogP contribution is -2.42. The Morgan fingerprint density at radius 2 is 1.84 bits per heavy atom. The van der Waals surface area contributed by atoms with Crippen molar-refractivity contribution in [1.29, 1.82) is 0 Å². The summed E-state index contributed by atoms with van der Waals surface area (Å²) in [7, 11) is 1.33. The molecular formula is C23H28Cl3N3O3. The molecule has 0 spiro atoms. The van der Waals surface area contributed by atoms with Gasteiger partial charge in [-0.05, 0) is 49.1 Å². The van der Waals surface area contributed by atoms with E-state index in [-0.39, 0.29) is 24.7 Å². The number of carbonyl (C=O) groups is 2. The standard InChI is InChI=1S/C23H27Cl2N3O3.ClH/c1-31-23(30)20-13-19(22-17(25)11-16(24)12-18(22)27-20)28-21(29)10-15-7-5-14(6-8-15)4-2-3-9-26;/h5-8,11-12,19-20,27H,2-4,9-10,13,26H2,1H3,(H,28,29);1H. The van der Waals surface area contributed by atoms with Gasteiger partial charge in [-0.15, -0.1) is 12.4 Å². The number of unbranched alkanes of at least 4 members (excludes halogenated alkanes) is 1. The summed E-state index contributed by atoms with van der Waals surface area (Å²) >= 11 is 12.5. The Balaban J connectivity index is 0.00000363. The molecule has 0 aliphatic carbocycles. The van der Waals surface area contributed by atoms with Gasteiger partial charge in [0.15, 0.2) is 0 Å². The second-order valence-corrected chi connectivity index (χ2v) is 8.51. The number of amides is 1. The van der Waals surface area contributed by atoms with Gasteiger partial charge in [-0.2, -0.15) is 0 Å². The number of aryl methyl sites for hydroxylation is 1. The van der Waals surface area contributed by atoms with Crippen molar-refractivity contribution in [2.24, 2.45) is 5.73 Å². The van der Waals surface area contributed by atoms with E-state index < -0.39 is 18.1 Å². The van der Waals surface area contributed by atoms with Gasteiger partial charge in [-0.3, -0.25) is 4.79 Å². The van der Waals surface area contributed by atoms with Crippen LogP contribution in [0, 0.1) is 0 Å². The maximum atomic E-state index is 12.8. The SMILES string of the molecule is COC(=O)C1CC(NC(=O)Cc2ccc(CCCCN)cc2)c2c(Cl)cc(Cl)cc2N1.Cl. The van der Waals surface area contributed by atoms with Gasteiger partial charge in [-0.1, -0.05) is 47.5 Å². The Kier molecular flexibility index (Phi) is 10.1. The maximum absolute atomic E-state index is 12.8. The first-order valence-corrected chi connectivity index (χ1v) is 11.1. The summed E-state index contributed by atoms with van der Waals surface area (Å²) in [6.07, 6.45) is 3.59. The highest BCUT2D eigenvalue weighted by Crippen LogP contribution is 2.40. The highest BCUT2D eigenvalue weighted by Gasteiger charge is 2.34. The fraction of sp³-hybridized carbons (Fsp3) is 0.391. The average molecular weight is 501 g/mol. The van der Waals surface area contributed by atoms with Crippen LogP contribution in [0.25, 0.3) is 0 Å². The van der Waals surface area contributed by atoms with Gasteiger partial charge in [-0.25, -0.2) is 4.79 Å². The first-order chi connectivity index (χ1) is 14.9. The smallest absolute Gasteiger partial charge is 0.328 e. The van der Waals surface area contributed by atoms with Gasteiger partial charge in [0, 0.05) is 27.7 Å². The van der Waals surface area contributed by atoms with Crippen molar-refractivity contribution in [2.45, 2.75) is 44.2 Å². The van der Waals surface area contributed by atoms with Crippen molar-refractivity contribution < 1.29 is 14.3 Å². The summed E-state index contributed by atoms with van der Waals surface area (Å²) in [6.45, 7) is 0.700. The lowest BCUT2D eigenvalue weighted by Gasteiger charge is -2.33. The number of anilines is 1. The molecule has 4 N–H and O–H groups in total. The Morgan fingerprint density at radius 3 is 2.50 bits per heavy atom. The van der Waals surface area contributed by atoms with Crippen molar-refractivity contribution >= 4 is 53.2 Å². The fourth-order valence-corrected chi connectivity index (χ4v) is 4.44. The van der Waals surface area contributed by atoms with E-state index in [4.69, 9.17) is 33.7 Å². The Bertz CT molecular complexity index is 938. The van der Waals surface area contributed by atoms with E-state index >= 15 is 0 Å². The third-order valence-electron chi connectivity index (χ3n) is 5.37. The predicted octanol–water partition coefficient (Wildman–Crippen LogP) is 4.45. The third-order valence-corrected chi connectivity index (χ3v) is 5.90. The Morgan fingerprint density at radius 1 is 1.16 bits per heavy atom. The number of ether oxygens (including phenoxy) is 1. The molecule has 2 unspecified atom stereocenters. The van der Waals surface area contributed by atoms with Crippen LogP contribution in [-0.4, -0.2) is 31.6 Å². The molecule has 174 valence electrons. The molecular weight excluding hydrogens is 473 g/mol. The summed E-state index contributed by atoms with van der Waals surface area (Å²) < 4.78 is 4.87. The summed E-state index contributed by atoms with van der Waals surface area (Å²) in [5.41, 5.74) is 9.02. The number of hydrogen-bond donors (Lipinski definition) is 3. The number of methoxy groups -OCH3 is 1. The van der Waals surface area contributed by atoms with E-state index in [9.17, 15) is 9.59 Å². The maximum Gasteiger partial charge on any atom is 0.328 e. The number of esters is 1. The number of nitrogens with one attached hydrogen (secondary N) is 2. The van der Waals surface area contributed by atoms with Crippen molar-refractivity contribution in [3.05, 3.63) is 63.1 Å². The average Bonchev–Trinajstić information content (AvgIpc) is 2.73. The molecule has 1 aliphatic heterocycles. The van der Waals surface area contributed by atoms with Crippen LogP contribution in [-0.2, 0) is 27.2 Å². The third kappa shape index (κ3) is 6.75. The van der Waals surface area contributed by atoms with E-state index in [2.05, 4.69) is 10.6 Å². The molecule has 0 saturated carbocycles. The highest BCUT2D eigenvalue weighted by molar-refractivity contribution is 6.35. The summed E-state index contributed by atoms with van der Waals surface area (Å²) in [5, 5.41) is 7.01. The molecule has 2 aromatic carbocycles. The van der Waals surface area contributed by atoms with Gasteiger partial charge < -0.3 is 21.1 Å². The van der Waals surface area contributed by atoms with Crippen LogP contribution in [0.3, 0.4) is 0 Å². The number of nitrogens with two attached hydrogens (primary N) is 1. The number of carbonyl (C=O) groups excluding carboxylic acids is 2. The van der Waals surface area contributed by atoms with E-state index in [1.54, 1.807) is 12.1 Å². The molecule has 9 heteroatoms. The van der Waals surface area contributed by atoms with Crippen LogP contribution in [0.1, 0.15) is 42.0 Å². The Hall–Kier alpha value is -1.99. The molecule has 1 heterocycles. The lowest BCUT2D eigenvalue weighted by molar-refractivity contribution is -0.142. The van der Waals surface area contributed by atoms with Crippen LogP contribution in [0.15, 0.2) is 36.4 Å². The van der Waals surface area contributed by atoms with Gasteiger partial charge in [0.1, 0.15) is 6.04 Å². The van der Waals surface area contributed by atoms with Gasteiger partial charge >= 0.3 is 5.97 Å². The predicted molar refractivity (Wildman–Crippen MR) is 131 cm³/mol. The topological polar surface area (TPSA) is 93.5 Å². The van der Waals surface area contributed by atoms with Crippen molar-refractivity contribution in [3.8, 4) is 0 Å². The summed E-state index contributed by atoms with van der Waals surface area (Å²) in [4.78, 5) is 24.9. The molecule has 0 radical (unpaired) electrons. The monoisotopic (exact) mass is 499 g/mol. The van der Waals surface area contributed by atoms with Crippen molar-refractivity contribution in [3.63, 3.8) is 0 Å². The van der Waals surface area contributed by atoms with E-state index in [0.29, 0.717) is 28.7 Å². The second kappa shape index (κ2) is 12.3. The zero-order valence-corrected chi connectivity index (χ0v) is 20.2. The van der Waals surface area contributed by atoms with E-state index in [1.807, 2.05) is 24.3 Å². The molecule has 1 amide bonds. The van der Waals surface area contributed by atoms with Crippen LogP contribution in [0.5, 0.6) is 0 Å². The largest absolute Gasteiger partial charge is 0.467 e. The molecule has 3 rings (SSSR count). The first-order valence-electron chi connectivity index (χ1n) is 10.3.